The van der Waals surface area contributed by atoms with Crippen LogP contribution in [0.4, 0.5) is 0 Å². The number of halogens is 1. The molecule has 0 atom stereocenters. The van der Waals surface area contributed by atoms with Gasteiger partial charge < -0.3 is 5.32 Å². The summed E-state index contributed by atoms with van der Waals surface area (Å²) < 4.78 is 3.46. The number of fused-ring (bicyclic) bond motifs is 1. The highest BCUT2D eigenvalue weighted by atomic mass is 35.5. The van der Waals surface area contributed by atoms with Gasteiger partial charge in [-0.2, -0.15) is 5.10 Å². The highest BCUT2D eigenvalue weighted by Crippen LogP contribution is 2.21. The molecule has 2 aromatic heterocycles. The molecule has 21 heavy (non-hydrogen) atoms. The van der Waals surface area contributed by atoms with Gasteiger partial charge in [0, 0.05) is 18.7 Å². The number of hydrogen-bond acceptors (Lipinski definition) is 4. The molecule has 0 radical (unpaired) electrons. The molecular formula is C14H18ClN5O. The number of rotatable bonds is 3. The summed E-state index contributed by atoms with van der Waals surface area (Å²) in [6.07, 6.45) is 2.33. The first-order chi connectivity index (χ1) is 10.1. The summed E-state index contributed by atoms with van der Waals surface area (Å²) in [4.78, 5) is 17.0. The standard InChI is InChI=1S/C14H18ClN5O/c1-3-20-12(13(15)9(2)18-20)7-19-8-17-11-6-16-5-4-10(11)14(19)21/h8,16H,3-7H2,1-2H3. The highest BCUT2D eigenvalue weighted by molar-refractivity contribution is 6.31. The molecule has 1 N–H and O–H groups in total. The predicted molar refractivity (Wildman–Crippen MR) is 80.7 cm³/mol. The minimum atomic E-state index is 0.0269. The van der Waals surface area contributed by atoms with E-state index in [2.05, 4.69) is 15.4 Å². The van der Waals surface area contributed by atoms with Crippen LogP contribution in [0.25, 0.3) is 0 Å². The predicted octanol–water partition coefficient (Wildman–Crippen LogP) is 1.12. The fourth-order valence-electron chi connectivity index (χ4n) is 2.68. The summed E-state index contributed by atoms with van der Waals surface area (Å²) in [5.74, 6) is 0. The van der Waals surface area contributed by atoms with Crippen molar-refractivity contribution in [2.45, 2.75) is 39.9 Å². The van der Waals surface area contributed by atoms with E-state index < -0.39 is 0 Å². The zero-order chi connectivity index (χ0) is 15.0. The fourth-order valence-corrected chi connectivity index (χ4v) is 2.88. The molecule has 1 aliphatic heterocycles. The molecule has 0 spiro atoms. The van der Waals surface area contributed by atoms with Crippen molar-refractivity contribution in [3.63, 3.8) is 0 Å². The van der Waals surface area contributed by atoms with E-state index in [0.29, 0.717) is 18.1 Å². The SMILES string of the molecule is CCn1nc(C)c(Cl)c1Cn1cnc2c(c1=O)CCNC2. The lowest BCUT2D eigenvalue weighted by Crippen LogP contribution is -2.34. The van der Waals surface area contributed by atoms with Gasteiger partial charge in [0.15, 0.2) is 0 Å². The largest absolute Gasteiger partial charge is 0.311 e. The molecule has 0 saturated heterocycles. The van der Waals surface area contributed by atoms with Crippen LogP contribution in [-0.2, 0) is 26.1 Å². The van der Waals surface area contributed by atoms with Crippen LogP contribution in [0.15, 0.2) is 11.1 Å². The third-order valence-electron chi connectivity index (χ3n) is 3.84. The second-order valence-corrected chi connectivity index (χ2v) is 5.57. The molecule has 0 aromatic carbocycles. The van der Waals surface area contributed by atoms with Crippen LogP contribution in [0.1, 0.15) is 29.6 Å². The maximum Gasteiger partial charge on any atom is 0.257 e. The number of hydrogen-bond donors (Lipinski definition) is 1. The number of aromatic nitrogens is 4. The van der Waals surface area contributed by atoms with E-state index in [1.54, 1.807) is 10.9 Å². The molecule has 0 amide bonds. The van der Waals surface area contributed by atoms with Gasteiger partial charge in [0.1, 0.15) is 0 Å². The summed E-state index contributed by atoms with van der Waals surface area (Å²) in [5, 5.41) is 8.23. The zero-order valence-electron chi connectivity index (χ0n) is 12.2. The molecule has 2 aromatic rings. The van der Waals surface area contributed by atoms with E-state index >= 15 is 0 Å². The van der Waals surface area contributed by atoms with Crippen molar-refractivity contribution in [2.24, 2.45) is 0 Å². The molecule has 6 nitrogen and oxygen atoms in total. The van der Waals surface area contributed by atoms with Crippen molar-refractivity contribution in [3.05, 3.63) is 44.3 Å². The Morgan fingerprint density at radius 3 is 3.05 bits per heavy atom. The quantitative estimate of drug-likeness (QED) is 0.923. The van der Waals surface area contributed by atoms with Gasteiger partial charge in [-0.05, 0) is 26.8 Å². The molecule has 0 saturated carbocycles. The molecule has 7 heteroatoms. The number of aryl methyl sites for hydroxylation is 2. The smallest absolute Gasteiger partial charge is 0.257 e. The Hall–Kier alpha value is -1.66. The third-order valence-corrected chi connectivity index (χ3v) is 4.33. The van der Waals surface area contributed by atoms with Crippen LogP contribution in [0, 0.1) is 6.92 Å². The fraction of sp³-hybridized carbons (Fsp3) is 0.500. The first-order valence-electron chi connectivity index (χ1n) is 7.11. The van der Waals surface area contributed by atoms with E-state index in [1.165, 1.54) is 0 Å². The van der Waals surface area contributed by atoms with Gasteiger partial charge in [0.25, 0.3) is 5.56 Å². The van der Waals surface area contributed by atoms with Crippen molar-refractivity contribution in [1.82, 2.24) is 24.6 Å². The van der Waals surface area contributed by atoms with Crippen molar-refractivity contribution in [3.8, 4) is 0 Å². The van der Waals surface area contributed by atoms with E-state index in [-0.39, 0.29) is 5.56 Å². The van der Waals surface area contributed by atoms with E-state index in [1.807, 2.05) is 18.5 Å². The van der Waals surface area contributed by atoms with Gasteiger partial charge in [-0.3, -0.25) is 14.0 Å². The first-order valence-corrected chi connectivity index (χ1v) is 7.49. The van der Waals surface area contributed by atoms with Gasteiger partial charge >= 0.3 is 0 Å². The van der Waals surface area contributed by atoms with E-state index in [4.69, 9.17) is 11.6 Å². The summed E-state index contributed by atoms with van der Waals surface area (Å²) in [6.45, 7) is 6.49. The van der Waals surface area contributed by atoms with Crippen molar-refractivity contribution in [1.29, 1.82) is 0 Å². The lowest BCUT2D eigenvalue weighted by atomic mass is 10.1. The van der Waals surface area contributed by atoms with Gasteiger partial charge in [0.2, 0.25) is 0 Å². The van der Waals surface area contributed by atoms with Gasteiger partial charge in [-0.15, -0.1) is 0 Å². The summed E-state index contributed by atoms with van der Waals surface area (Å²) >= 11 is 6.31. The number of nitrogens with zero attached hydrogens (tertiary/aromatic N) is 4. The van der Waals surface area contributed by atoms with Gasteiger partial charge in [-0.25, -0.2) is 4.98 Å². The Kier molecular flexibility index (Phi) is 3.82. The summed E-state index contributed by atoms with van der Waals surface area (Å²) in [5.41, 5.74) is 3.34. The minimum Gasteiger partial charge on any atom is -0.311 e. The Labute approximate surface area is 127 Å². The topological polar surface area (TPSA) is 64.7 Å². The Bertz CT molecular complexity index is 734. The van der Waals surface area contributed by atoms with Crippen LogP contribution < -0.4 is 10.9 Å². The van der Waals surface area contributed by atoms with Gasteiger partial charge in [-0.1, -0.05) is 11.6 Å². The average Bonchev–Trinajstić information content (AvgIpc) is 2.78. The average molecular weight is 308 g/mol. The molecule has 112 valence electrons. The van der Waals surface area contributed by atoms with E-state index in [9.17, 15) is 4.79 Å². The Balaban J connectivity index is 2.01. The van der Waals surface area contributed by atoms with Crippen molar-refractivity contribution in [2.75, 3.05) is 6.54 Å². The van der Waals surface area contributed by atoms with Gasteiger partial charge in [0.05, 0.1) is 35.0 Å². The molecule has 1 aliphatic rings. The highest BCUT2D eigenvalue weighted by Gasteiger charge is 2.18. The van der Waals surface area contributed by atoms with Crippen molar-refractivity contribution < 1.29 is 0 Å². The Morgan fingerprint density at radius 2 is 2.29 bits per heavy atom. The molecule has 0 aliphatic carbocycles. The molecule has 0 unspecified atom stereocenters. The lowest BCUT2D eigenvalue weighted by Gasteiger charge is -2.17. The van der Waals surface area contributed by atoms with Crippen LogP contribution >= 0.6 is 11.6 Å². The third kappa shape index (κ3) is 2.49. The molecule has 3 heterocycles. The summed E-state index contributed by atoms with van der Waals surface area (Å²) in [7, 11) is 0. The molecule has 3 rings (SSSR count). The monoisotopic (exact) mass is 307 g/mol. The minimum absolute atomic E-state index is 0.0269. The van der Waals surface area contributed by atoms with E-state index in [0.717, 1.165) is 42.2 Å². The van der Waals surface area contributed by atoms with Crippen LogP contribution in [0.2, 0.25) is 5.02 Å². The number of nitrogens with one attached hydrogen (secondary N) is 1. The molecule has 0 bridgehead atoms. The van der Waals surface area contributed by atoms with Crippen molar-refractivity contribution >= 4 is 11.6 Å². The maximum atomic E-state index is 12.6. The van der Waals surface area contributed by atoms with Crippen LogP contribution in [-0.4, -0.2) is 25.9 Å². The zero-order valence-corrected chi connectivity index (χ0v) is 12.9. The second kappa shape index (κ2) is 5.61. The normalized spacial score (nSPS) is 14.2. The summed E-state index contributed by atoms with van der Waals surface area (Å²) in [6, 6.07) is 0. The second-order valence-electron chi connectivity index (χ2n) is 5.19. The molecule has 0 fully saturated rings. The van der Waals surface area contributed by atoms with Crippen LogP contribution in [0.3, 0.4) is 0 Å². The first kappa shape index (κ1) is 14.3. The maximum absolute atomic E-state index is 12.6. The molecular weight excluding hydrogens is 290 g/mol. The lowest BCUT2D eigenvalue weighted by molar-refractivity contribution is 0.568. The Morgan fingerprint density at radius 1 is 1.48 bits per heavy atom. The van der Waals surface area contributed by atoms with Crippen LogP contribution in [0.5, 0.6) is 0 Å².